The molecule has 2 fully saturated rings. The molecule has 1 heterocycles. The summed E-state index contributed by atoms with van der Waals surface area (Å²) in [5, 5.41) is -0.0808. The van der Waals surface area contributed by atoms with Crippen molar-refractivity contribution in [2.24, 2.45) is 5.92 Å². The highest BCUT2D eigenvalue weighted by atomic mass is 28.4. The third-order valence-corrected chi connectivity index (χ3v) is 9.73. The van der Waals surface area contributed by atoms with Crippen LogP contribution in [0.2, 0.25) is 6.04 Å². The number of hydrogen-bond acceptors (Lipinski definition) is 3. The Labute approximate surface area is 125 Å². The molecule has 0 aromatic heterocycles. The fraction of sp³-hybridized carbons (Fsp3) is 1.00. The van der Waals surface area contributed by atoms with E-state index in [1.807, 2.05) is 0 Å². The van der Waals surface area contributed by atoms with Gasteiger partial charge in [0.15, 0.2) is 0 Å². The van der Waals surface area contributed by atoms with Crippen molar-refractivity contribution in [3.05, 3.63) is 0 Å². The van der Waals surface area contributed by atoms with Crippen molar-refractivity contribution in [1.82, 2.24) is 0 Å². The molecule has 20 heavy (non-hydrogen) atoms. The molecular weight excluding hydrogens is 268 g/mol. The molecule has 1 aliphatic heterocycles. The van der Waals surface area contributed by atoms with E-state index < -0.39 is 8.56 Å². The van der Waals surface area contributed by atoms with Crippen molar-refractivity contribution in [2.45, 2.75) is 77.0 Å². The Balaban J connectivity index is 2.35. The maximum absolute atomic E-state index is 6.49. The predicted molar refractivity (Wildman–Crippen MR) is 84.0 cm³/mol. The SMILES string of the molecule is CCOC1(C2CCCC2)CCCC[Si]1(OCC)OCC. The minimum atomic E-state index is -2.27. The standard InChI is InChI=1S/C16H32O3Si/c1-4-17-16(15-11-7-8-12-15)13-9-10-14-20(16,18-5-2)19-6-3/h15H,4-14H2,1-3H3. The van der Waals surface area contributed by atoms with Gasteiger partial charge in [-0.2, -0.15) is 0 Å². The second-order valence-corrected chi connectivity index (χ2v) is 9.56. The molecular formula is C16H32O3Si. The Bertz CT molecular complexity index is 276. The van der Waals surface area contributed by atoms with Gasteiger partial charge in [-0.05, 0) is 52.0 Å². The summed E-state index contributed by atoms with van der Waals surface area (Å²) in [6.07, 6.45) is 8.96. The molecule has 0 aromatic carbocycles. The lowest BCUT2D eigenvalue weighted by Crippen LogP contribution is -2.68. The minimum Gasteiger partial charge on any atom is -0.393 e. The number of rotatable bonds is 7. The summed E-state index contributed by atoms with van der Waals surface area (Å²) < 4.78 is 19.3. The highest BCUT2D eigenvalue weighted by Gasteiger charge is 2.63. The monoisotopic (exact) mass is 300 g/mol. The molecule has 0 amide bonds. The molecule has 0 bridgehead atoms. The maximum atomic E-state index is 6.49. The Morgan fingerprint density at radius 1 is 0.900 bits per heavy atom. The van der Waals surface area contributed by atoms with Crippen LogP contribution in [0.25, 0.3) is 0 Å². The van der Waals surface area contributed by atoms with E-state index in [1.54, 1.807) is 0 Å². The van der Waals surface area contributed by atoms with Crippen molar-refractivity contribution < 1.29 is 13.6 Å². The quantitative estimate of drug-likeness (QED) is 0.660. The molecule has 0 aromatic rings. The summed E-state index contributed by atoms with van der Waals surface area (Å²) in [6.45, 7) is 8.64. The van der Waals surface area contributed by atoms with Crippen LogP contribution in [0.5, 0.6) is 0 Å². The van der Waals surface area contributed by atoms with Crippen LogP contribution in [0.1, 0.15) is 65.7 Å². The lowest BCUT2D eigenvalue weighted by molar-refractivity contribution is -0.0751. The largest absolute Gasteiger partial charge is 0.393 e. The van der Waals surface area contributed by atoms with E-state index in [-0.39, 0.29) is 5.22 Å². The van der Waals surface area contributed by atoms with Crippen molar-refractivity contribution in [3.63, 3.8) is 0 Å². The van der Waals surface area contributed by atoms with E-state index in [2.05, 4.69) is 20.8 Å². The highest BCUT2D eigenvalue weighted by molar-refractivity contribution is 6.71. The van der Waals surface area contributed by atoms with Crippen LogP contribution < -0.4 is 0 Å². The normalized spacial score (nSPS) is 30.8. The Hall–Kier alpha value is 0.0969. The second kappa shape index (κ2) is 7.39. The van der Waals surface area contributed by atoms with Gasteiger partial charge in [0.1, 0.15) is 5.22 Å². The van der Waals surface area contributed by atoms with E-state index in [4.69, 9.17) is 13.6 Å². The van der Waals surface area contributed by atoms with Crippen LogP contribution in [0.15, 0.2) is 0 Å². The van der Waals surface area contributed by atoms with E-state index in [0.717, 1.165) is 32.3 Å². The zero-order valence-electron chi connectivity index (χ0n) is 13.6. The van der Waals surface area contributed by atoms with Crippen LogP contribution >= 0.6 is 0 Å². The van der Waals surface area contributed by atoms with Gasteiger partial charge in [-0.15, -0.1) is 0 Å². The van der Waals surface area contributed by atoms with Crippen molar-refractivity contribution in [2.75, 3.05) is 19.8 Å². The predicted octanol–water partition coefficient (Wildman–Crippen LogP) is 4.19. The fourth-order valence-corrected chi connectivity index (χ4v) is 9.27. The van der Waals surface area contributed by atoms with Crippen LogP contribution in [-0.4, -0.2) is 33.6 Å². The van der Waals surface area contributed by atoms with Gasteiger partial charge >= 0.3 is 8.56 Å². The molecule has 2 aliphatic rings. The van der Waals surface area contributed by atoms with Gasteiger partial charge in [-0.25, -0.2) is 0 Å². The Morgan fingerprint density at radius 3 is 2.10 bits per heavy atom. The molecule has 4 heteroatoms. The lowest BCUT2D eigenvalue weighted by Gasteiger charge is -2.52. The Morgan fingerprint density at radius 2 is 1.55 bits per heavy atom. The van der Waals surface area contributed by atoms with Crippen molar-refractivity contribution >= 4 is 8.56 Å². The van der Waals surface area contributed by atoms with Gasteiger partial charge in [-0.3, -0.25) is 0 Å². The first kappa shape index (κ1) is 16.5. The average molecular weight is 301 g/mol. The van der Waals surface area contributed by atoms with E-state index >= 15 is 0 Å². The summed E-state index contributed by atoms with van der Waals surface area (Å²) in [7, 11) is -2.27. The summed E-state index contributed by atoms with van der Waals surface area (Å²) in [6, 6.07) is 1.12. The third kappa shape index (κ3) is 2.85. The summed E-state index contributed by atoms with van der Waals surface area (Å²) in [5.74, 6) is 0.660. The summed E-state index contributed by atoms with van der Waals surface area (Å²) in [4.78, 5) is 0. The zero-order valence-corrected chi connectivity index (χ0v) is 14.6. The molecule has 3 nitrogen and oxygen atoms in total. The van der Waals surface area contributed by atoms with Crippen LogP contribution in [0.3, 0.4) is 0 Å². The first-order valence-electron chi connectivity index (χ1n) is 8.66. The molecule has 1 saturated heterocycles. The zero-order chi connectivity index (χ0) is 14.5. The van der Waals surface area contributed by atoms with Crippen molar-refractivity contribution in [3.8, 4) is 0 Å². The fourth-order valence-electron chi connectivity index (χ4n) is 4.51. The van der Waals surface area contributed by atoms with Gasteiger partial charge in [0.25, 0.3) is 0 Å². The van der Waals surface area contributed by atoms with Gasteiger partial charge in [0, 0.05) is 19.8 Å². The maximum Gasteiger partial charge on any atom is 0.371 e. The summed E-state index contributed by atoms with van der Waals surface area (Å²) >= 11 is 0. The van der Waals surface area contributed by atoms with E-state index in [9.17, 15) is 0 Å². The van der Waals surface area contributed by atoms with E-state index in [1.165, 1.54) is 38.5 Å². The topological polar surface area (TPSA) is 27.7 Å². The smallest absolute Gasteiger partial charge is 0.371 e. The van der Waals surface area contributed by atoms with Crippen LogP contribution in [0.4, 0.5) is 0 Å². The Kier molecular flexibility index (Phi) is 6.08. The first-order valence-corrected chi connectivity index (χ1v) is 10.7. The van der Waals surface area contributed by atoms with Gasteiger partial charge in [0.2, 0.25) is 0 Å². The van der Waals surface area contributed by atoms with Gasteiger partial charge in [-0.1, -0.05) is 25.7 Å². The lowest BCUT2D eigenvalue weighted by atomic mass is 9.94. The third-order valence-electron chi connectivity index (χ3n) is 5.12. The molecule has 1 aliphatic carbocycles. The number of ether oxygens (including phenoxy) is 1. The number of hydrogen-bond donors (Lipinski definition) is 0. The molecule has 1 unspecified atom stereocenters. The molecule has 1 atom stereocenters. The molecule has 0 spiro atoms. The second-order valence-electron chi connectivity index (χ2n) is 6.13. The van der Waals surface area contributed by atoms with Gasteiger partial charge < -0.3 is 13.6 Å². The van der Waals surface area contributed by atoms with E-state index in [0.29, 0.717) is 5.92 Å². The van der Waals surface area contributed by atoms with Gasteiger partial charge in [0.05, 0.1) is 0 Å². The molecule has 2 rings (SSSR count). The highest BCUT2D eigenvalue weighted by Crippen LogP contribution is 2.50. The minimum absolute atomic E-state index is 0.0808. The molecule has 1 saturated carbocycles. The molecule has 118 valence electrons. The van der Waals surface area contributed by atoms with Crippen molar-refractivity contribution in [1.29, 1.82) is 0 Å². The van der Waals surface area contributed by atoms with Crippen LogP contribution in [-0.2, 0) is 13.6 Å². The van der Waals surface area contributed by atoms with Crippen LogP contribution in [0, 0.1) is 5.92 Å². The first-order chi connectivity index (χ1) is 9.74. The average Bonchev–Trinajstić information content (AvgIpc) is 2.97. The molecule has 0 radical (unpaired) electrons. The molecule has 0 N–H and O–H groups in total. The summed E-state index contributed by atoms with van der Waals surface area (Å²) in [5.41, 5.74) is 0.